The summed E-state index contributed by atoms with van der Waals surface area (Å²) >= 11 is 0. The molecule has 5 N–H and O–H groups in total. The summed E-state index contributed by atoms with van der Waals surface area (Å²) in [6.45, 7) is 4.35. The van der Waals surface area contributed by atoms with Gasteiger partial charge in [0.25, 0.3) is 0 Å². The summed E-state index contributed by atoms with van der Waals surface area (Å²) in [6, 6.07) is 0. The normalized spacial score (nSPS) is 46.3. The van der Waals surface area contributed by atoms with Crippen LogP contribution in [-0.4, -0.2) is 100 Å². The number of aliphatic hydroxyl groups excluding tert-OH is 5. The second-order valence-corrected chi connectivity index (χ2v) is 6.88. The third-order valence-corrected chi connectivity index (χ3v) is 4.98. The topological polar surface area (TPSA) is 138 Å². The molecule has 10 atom stereocenters. The molecule has 2 aliphatic heterocycles. The molecule has 0 aliphatic carbocycles. The maximum absolute atomic E-state index is 10.3. The van der Waals surface area contributed by atoms with Gasteiger partial charge in [0.1, 0.15) is 43.4 Å². The Kier molecular flexibility index (Phi) is 7.56. The number of hydrogen-bond donors (Lipinski definition) is 5. The summed E-state index contributed by atoms with van der Waals surface area (Å²) in [5.41, 5.74) is 0. The van der Waals surface area contributed by atoms with Crippen LogP contribution in [-0.2, 0) is 18.9 Å². The van der Waals surface area contributed by atoms with Gasteiger partial charge in [0.15, 0.2) is 0 Å². The van der Waals surface area contributed by atoms with E-state index in [1.54, 1.807) is 20.8 Å². The lowest BCUT2D eigenvalue weighted by Gasteiger charge is -2.41. The highest BCUT2D eigenvalue weighted by Crippen LogP contribution is 2.29. The van der Waals surface area contributed by atoms with Crippen LogP contribution in [0.3, 0.4) is 0 Å². The molecule has 2 fully saturated rings. The first-order valence-corrected chi connectivity index (χ1v) is 8.61. The number of hydrogen-bond acceptors (Lipinski definition) is 9. The van der Waals surface area contributed by atoms with E-state index >= 15 is 0 Å². The van der Waals surface area contributed by atoms with Gasteiger partial charge in [-0.2, -0.15) is 0 Å². The van der Waals surface area contributed by atoms with Crippen molar-refractivity contribution in [2.24, 2.45) is 5.92 Å². The fourth-order valence-corrected chi connectivity index (χ4v) is 3.34. The van der Waals surface area contributed by atoms with Crippen molar-refractivity contribution in [1.82, 2.24) is 0 Å². The summed E-state index contributed by atoms with van der Waals surface area (Å²) in [5.74, 6) is -0.239. The molecule has 0 bridgehead atoms. The minimum absolute atomic E-state index is 0.113. The second-order valence-electron chi connectivity index (χ2n) is 6.88. The van der Waals surface area contributed by atoms with Gasteiger partial charge in [0.05, 0.1) is 24.9 Å². The Balaban J connectivity index is 1.88. The smallest absolute Gasteiger partial charge is 0.148 e. The fraction of sp³-hybridized carbons (Fsp3) is 1.00. The minimum Gasteiger partial charge on any atom is -0.396 e. The molecule has 7 unspecified atom stereocenters. The summed E-state index contributed by atoms with van der Waals surface area (Å²) < 4.78 is 21.9. The van der Waals surface area contributed by atoms with E-state index in [1.165, 1.54) is 0 Å². The van der Waals surface area contributed by atoms with Crippen LogP contribution in [0.5, 0.6) is 0 Å². The van der Waals surface area contributed by atoms with Crippen LogP contribution < -0.4 is 0 Å². The molecule has 0 aromatic heterocycles. The Hall–Kier alpha value is -0.360. The average molecular weight is 366 g/mol. The zero-order valence-corrected chi connectivity index (χ0v) is 14.8. The molecule has 0 aromatic carbocycles. The zero-order chi connectivity index (χ0) is 18.7. The van der Waals surface area contributed by atoms with E-state index in [4.69, 9.17) is 18.9 Å². The van der Waals surface area contributed by atoms with E-state index in [1.807, 2.05) is 0 Å². The molecule has 0 radical (unpaired) electrons. The molecule has 9 heteroatoms. The number of rotatable bonds is 7. The standard InChI is InChI=1S/C16H30O9/c1-7(4-17)14-13(21)15(9(3)25-14)22-6-23-16-11(19)8(2)24-10(5-18)12(16)20/h7-21H,4-6H2,1-3H3/t7-,8?,9?,10?,11?,12+,13?,14+,15?,16?/m1/s1. The lowest BCUT2D eigenvalue weighted by atomic mass is 9.96. The molecule has 25 heavy (non-hydrogen) atoms. The van der Waals surface area contributed by atoms with Gasteiger partial charge in [-0.15, -0.1) is 0 Å². The molecule has 2 heterocycles. The molecule has 2 aliphatic rings. The van der Waals surface area contributed by atoms with E-state index in [2.05, 4.69) is 0 Å². The highest BCUT2D eigenvalue weighted by Gasteiger charge is 2.46. The quantitative estimate of drug-likeness (QED) is 0.324. The second kappa shape index (κ2) is 9.03. The molecule has 0 saturated carbocycles. The maximum atomic E-state index is 10.3. The molecular formula is C16H30O9. The van der Waals surface area contributed by atoms with Crippen molar-refractivity contribution in [2.45, 2.75) is 75.7 Å². The van der Waals surface area contributed by atoms with Gasteiger partial charge in [0.2, 0.25) is 0 Å². The van der Waals surface area contributed by atoms with Gasteiger partial charge in [-0.05, 0) is 13.8 Å². The predicted molar refractivity (Wildman–Crippen MR) is 84.6 cm³/mol. The molecule has 0 aromatic rings. The van der Waals surface area contributed by atoms with Crippen LogP contribution in [0, 0.1) is 5.92 Å². The molecule has 148 valence electrons. The van der Waals surface area contributed by atoms with Gasteiger partial charge >= 0.3 is 0 Å². The van der Waals surface area contributed by atoms with Crippen molar-refractivity contribution in [1.29, 1.82) is 0 Å². The predicted octanol–water partition coefficient (Wildman–Crippen LogP) is -2.01. The van der Waals surface area contributed by atoms with E-state index in [-0.39, 0.29) is 19.3 Å². The highest BCUT2D eigenvalue weighted by molar-refractivity contribution is 4.93. The third kappa shape index (κ3) is 4.49. The van der Waals surface area contributed by atoms with Crippen molar-refractivity contribution in [3.8, 4) is 0 Å². The Morgan fingerprint density at radius 3 is 2.12 bits per heavy atom. The van der Waals surface area contributed by atoms with Crippen LogP contribution in [0.25, 0.3) is 0 Å². The molecule has 2 rings (SSSR count). The lowest BCUT2D eigenvalue weighted by molar-refractivity contribution is -0.260. The Bertz CT molecular complexity index is 409. The number of ether oxygens (including phenoxy) is 4. The first kappa shape index (κ1) is 20.9. The minimum atomic E-state index is -1.20. The highest BCUT2D eigenvalue weighted by atomic mass is 16.7. The summed E-state index contributed by atoms with van der Waals surface area (Å²) in [5, 5.41) is 49.0. The maximum Gasteiger partial charge on any atom is 0.148 e. The van der Waals surface area contributed by atoms with Gasteiger partial charge < -0.3 is 44.5 Å². The van der Waals surface area contributed by atoms with Crippen molar-refractivity contribution in [3.63, 3.8) is 0 Å². The fourth-order valence-electron chi connectivity index (χ4n) is 3.34. The lowest BCUT2D eigenvalue weighted by Crippen LogP contribution is -2.58. The van der Waals surface area contributed by atoms with Crippen LogP contribution >= 0.6 is 0 Å². The van der Waals surface area contributed by atoms with E-state index < -0.39 is 61.5 Å². The molecule has 2 saturated heterocycles. The Morgan fingerprint density at radius 1 is 0.880 bits per heavy atom. The molecule has 0 amide bonds. The van der Waals surface area contributed by atoms with Crippen LogP contribution in [0.4, 0.5) is 0 Å². The zero-order valence-electron chi connectivity index (χ0n) is 14.8. The molecule has 0 spiro atoms. The van der Waals surface area contributed by atoms with Crippen molar-refractivity contribution in [3.05, 3.63) is 0 Å². The van der Waals surface area contributed by atoms with E-state index in [0.29, 0.717) is 0 Å². The monoisotopic (exact) mass is 366 g/mol. The Labute approximate surface area is 147 Å². The van der Waals surface area contributed by atoms with E-state index in [0.717, 1.165) is 0 Å². The van der Waals surface area contributed by atoms with Crippen LogP contribution in [0.15, 0.2) is 0 Å². The molecular weight excluding hydrogens is 336 g/mol. The van der Waals surface area contributed by atoms with Crippen molar-refractivity contribution < 1.29 is 44.5 Å². The summed E-state index contributed by atoms with van der Waals surface area (Å²) in [6.07, 6.45) is -7.24. The average Bonchev–Trinajstić information content (AvgIpc) is 2.88. The van der Waals surface area contributed by atoms with Crippen LogP contribution in [0.2, 0.25) is 0 Å². The summed E-state index contributed by atoms with van der Waals surface area (Å²) in [4.78, 5) is 0. The molecule has 9 nitrogen and oxygen atoms in total. The van der Waals surface area contributed by atoms with E-state index in [9.17, 15) is 25.5 Å². The van der Waals surface area contributed by atoms with Gasteiger partial charge in [-0.25, -0.2) is 0 Å². The van der Waals surface area contributed by atoms with Gasteiger partial charge in [-0.3, -0.25) is 0 Å². The Morgan fingerprint density at radius 2 is 1.52 bits per heavy atom. The summed E-state index contributed by atoms with van der Waals surface area (Å²) in [7, 11) is 0. The van der Waals surface area contributed by atoms with Crippen LogP contribution in [0.1, 0.15) is 20.8 Å². The van der Waals surface area contributed by atoms with Gasteiger partial charge in [0, 0.05) is 12.5 Å². The van der Waals surface area contributed by atoms with Gasteiger partial charge in [-0.1, -0.05) is 6.92 Å². The SMILES string of the molecule is CC1OC(CO)[C@H](O)C(OCOC2C(C)O[C@@H]([C@H](C)CO)C2O)C1O. The third-order valence-electron chi connectivity index (χ3n) is 4.98. The van der Waals surface area contributed by atoms with Crippen molar-refractivity contribution >= 4 is 0 Å². The number of aliphatic hydroxyl groups is 5. The first-order chi connectivity index (χ1) is 11.8. The first-order valence-electron chi connectivity index (χ1n) is 8.61. The largest absolute Gasteiger partial charge is 0.396 e. The van der Waals surface area contributed by atoms with Crippen molar-refractivity contribution in [2.75, 3.05) is 20.0 Å².